The van der Waals surface area contributed by atoms with Crippen LogP contribution in [-0.4, -0.2) is 33.7 Å². The number of aromatic nitrogens is 2. The molecular formula is C24H22N4O4S. The molecule has 8 nitrogen and oxygen atoms in total. The number of aromatic amines is 1. The van der Waals surface area contributed by atoms with E-state index in [4.69, 9.17) is 4.74 Å². The van der Waals surface area contributed by atoms with E-state index in [9.17, 15) is 19.6 Å². The van der Waals surface area contributed by atoms with Crippen molar-refractivity contribution in [2.24, 2.45) is 0 Å². The normalized spacial score (nSPS) is 11.3. The molecule has 0 saturated heterocycles. The summed E-state index contributed by atoms with van der Waals surface area (Å²) >= 11 is 1.11. The summed E-state index contributed by atoms with van der Waals surface area (Å²) in [4.78, 5) is 44.1. The molecule has 0 bridgehead atoms. The fraction of sp³-hybridized carbons (Fsp3) is 0.208. The zero-order valence-electron chi connectivity index (χ0n) is 18.1. The maximum Gasteiger partial charge on any atom is 0.338 e. The Hall–Kier alpha value is -3.90. The summed E-state index contributed by atoms with van der Waals surface area (Å²) in [7, 11) is 0. The van der Waals surface area contributed by atoms with E-state index >= 15 is 0 Å². The zero-order valence-corrected chi connectivity index (χ0v) is 18.9. The molecule has 0 aliphatic rings. The van der Waals surface area contributed by atoms with E-state index in [1.807, 2.05) is 19.1 Å². The number of amides is 1. The summed E-state index contributed by atoms with van der Waals surface area (Å²) in [5.74, 6) is -0.706. The molecule has 1 heterocycles. The average molecular weight is 463 g/mol. The number of thioether (sulfide) groups is 1. The lowest BCUT2D eigenvalue weighted by Gasteiger charge is -2.15. The van der Waals surface area contributed by atoms with Gasteiger partial charge in [-0.3, -0.25) is 9.59 Å². The Bertz CT molecular complexity index is 1230. The largest absolute Gasteiger partial charge is 0.462 e. The van der Waals surface area contributed by atoms with Crippen LogP contribution in [0.25, 0.3) is 11.3 Å². The number of nitriles is 1. The van der Waals surface area contributed by atoms with Crippen LogP contribution < -0.4 is 10.9 Å². The lowest BCUT2D eigenvalue weighted by Crippen LogP contribution is -2.25. The van der Waals surface area contributed by atoms with Gasteiger partial charge in [-0.1, -0.05) is 49.0 Å². The van der Waals surface area contributed by atoms with Crippen LogP contribution in [0.2, 0.25) is 0 Å². The number of nitrogens with zero attached hydrogens (tertiary/aromatic N) is 2. The SMILES string of the molecule is CCOC(=O)c1ccc(NC(=O)[C@@H](CC)Sc2nc(-c3ccccc3)c(C#N)c(=O)[nH]2)cc1. The number of benzene rings is 2. The Morgan fingerprint density at radius 1 is 1.15 bits per heavy atom. The molecule has 33 heavy (non-hydrogen) atoms. The van der Waals surface area contributed by atoms with Gasteiger partial charge < -0.3 is 15.0 Å². The van der Waals surface area contributed by atoms with Gasteiger partial charge in [-0.05, 0) is 37.6 Å². The molecule has 9 heteroatoms. The summed E-state index contributed by atoms with van der Waals surface area (Å²) in [6, 6.07) is 17.2. The monoisotopic (exact) mass is 462 g/mol. The molecule has 2 N–H and O–H groups in total. The standard InChI is InChI=1S/C24H22N4O4S/c1-3-19(22(30)26-17-12-10-16(11-13-17)23(31)32-4-2)33-24-27-20(15-8-6-5-7-9-15)18(14-25)21(29)28-24/h5-13,19H,3-4H2,1-2H3,(H,26,30)(H,27,28,29)/t19-/m1/s1. The minimum atomic E-state index is -0.557. The predicted molar refractivity (Wildman–Crippen MR) is 126 cm³/mol. The fourth-order valence-electron chi connectivity index (χ4n) is 3.00. The summed E-state index contributed by atoms with van der Waals surface area (Å²) in [5, 5.41) is 11.9. The number of carbonyl (C=O) groups is 2. The minimum Gasteiger partial charge on any atom is -0.462 e. The number of esters is 1. The highest BCUT2D eigenvalue weighted by molar-refractivity contribution is 8.00. The van der Waals surface area contributed by atoms with Gasteiger partial charge in [-0.25, -0.2) is 9.78 Å². The summed E-state index contributed by atoms with van der Waals surface area (Å²) < 4.78 is 4.95. The second kappa shape index (κ2) is 11.1. The van der Waals surface area contributed by atoms with Gasteiger partial charge in [0.05, 0.1) is 23.1 Å². The molecule has 3 aromatic rings. The van der Waals surface area contributed by atoms with Crippen LogP contribution in [0, 0.1) is 11.3 Å². The number of carbonyl (C=O) groups excluding carboxylic acids is 2. The molecule has 0 fully saturated rings. The van der Waals surface area contributed by atoms with Crippen LogP contribution in [0.4, 0.5) is 5.69 Å². The van der Waals surface area contributed by atoms with Gasteiger partial charge in [-0.2, -0.15) is 5.26 Å². The molecule has 0 unspecified atom stereocenters. The topological polar surface area (TPSA) is 125 Å². The van der Waals surface area contributed by atoms with Crippen LogP contribution >= 0.6 is 11.8 Å². The van der Waals surface area contributed by atoms with Crippen molar-refractivity contribution < 1.29 is 14.3 Å². The van der Waals surface area contributed by atoms with Crippen LogP contribution in [0.5, 0.6) is 0 Å². The molecule has 0 radical (unpaired) electrons. The highest BCUT2D eigenvalue weighted by Gasteiger charge is 2.21. The number of ether oxygens (including phenoxy) is 1. The van der Waals surface area contributed by atoms with Gasteiger partial charge in [0.1, 0.15) is 11.6 Å². The Morgan fingerprint density at radius 3 is 2.45 bits per heavy atom. The van der Waals surface area contributed by atoms with Crippen LogP contribution in [0.15, 0.2) is 64.5 Å². The van der Waals surface area contributed by atoms with E-state index in [-0.39, 0.29) is 28.9 Å². The molecule has 2 aromatic carbocycles. The fourth-order valence-corrected chi connectivity index (χ4v) is 3.90. The van der Waals surface area contributed by atoms with Gasteiger partial charge >= 0.3 is 5.97 Å². The number of H-pyrrole nitrogens is 1. The van der Waals surface area contributed by atoms with Gasteiger partial charge in [0.2, 0.25) is 5.91 Å². The van der Waals surface area contributed by atoms with Gasteiger partial charge in [0.25, 0.3) is 5.56 Å². The Labute approximate surface area is 195 Å². The first-order valence-electron chi connectivity index (χ1n) is 10.3. The third kappa shape index (κ3) is 5.87. The number of hydrogen-bond donors (Lipinski definition) is 2. The van der Waals surface area contributed by atoms with E-state index < -0.39 is 16.8 Å². The van der Waals surface area contributed by atoms with Crippen molar-refractivity contribution in [3.63, 3.8) is 0 Å². The molecule has 168 valence electrons. The number of nitrogens with one attached hydrogen (secondary N) is 2. The molecular weight excluding hydrogens is 440 g/mol. The maximum absolute atomic E-state index is 12.8. The summed E-state index contributed by atoms with van der Waals surface area (Å²) in [6.07, 6.45) is 0.474. The van der Waals surface area contributed by atoms with Crippen LogP contribution in [0.1, 0.15) is 36.2 Å². The van der Waals surface area contributed by atoms with Gasteiger partial charge in [0.15, 0.2) is 5.16 Å². The van der Waals surface area contributed by atoms with Crippen molar-refractivity contribution in [3.05, 3.63) is 76.1 Å². The highest BCUT2D eigenvalue weighted by Crippen LogP contribution is 2.26. The van der Waals surface area contributed by atoms with E-state index in [1.54, 1.807) is 55.5 Å². The Kier molecular flexibility index (Phi) is 8.00. The first-order chi connectivity index (χ1) is 16.0. The molecule has 1 atom stereocenters. The first-order valence-corrected chi connectivity index (χ1v) is 11.2. The van der Waals surface area contributed by atoms with E-state index in [0.29, 0.717) is 23.2 Å². The second-order valence-electron chi connectivity index (χ2n) is 6.87. The highest BCUT2D eigenvalue weighted by atomic mass is 32.2. The van der Waals surface area contributed by atoms with Crippen LogP contribution in [0.3, 0.4) is 0 Å². The van der Waals surface area contributed by atoms with Crippen molar-refractivity contribution in [1.29, 1.82) is 5.26 Å². The van der Waals surface area contributed by atoms with Gasteiger partial charge in [0, 0.05) is 11.3 Å². The van der Waals surface area contributed by atoms with Crippen molar-refractivity contribution in [2.75, 3.05) is 11.9 Å². The Balaban J connectivity index is 1.78. The second-order valence-corrected chi connectivity index (χ2v) is 8.07. The minimum absolute atomic E-state index is 0.0789. The van der Waals surface area contributed by atoms with E-state index in [2.05, 4.69) is 15.3 Å². The predicted octanol–water partition coefficient (Wildman–Crippen LogP) is 3.99. The van der Waals surface area contributed by atoms with Crippen LogP contribution in [-0.2, 0) is 9.53 Å². The van der Waals surface area contributed by atoms with Crippen molar-refractivity contribution >= 4 is 29.3 Å². The number of hydrogen-bond acceptors (Lipinski definition) is 7. The third-order valence-electron chi connectivity index (χ3n) is 4.64. The lowest BCUT2D eigenvalue weighted by molar-refractivity contribution is -0.115. The molecule has 0 aliphatic carbocycles. The summed E-state index contributed by atoms with van der Waals surface area (Å²) in [5.41, 5.74) is 1.20. The van der Waals surface area contributed by atoms with Crippen molar-refractivity contribution in [1.82, 2.24) is 9.97 Å². The molecule has 1 aromatic heterocycles. The Morgan fingerprint density at radius 2 is 1.85 bits per heavy atom. The molecule has 3 rings (SSSR count). The first kappa shape index (κ1) is 23.8. The average Bonchev–Trinajstić information content (AvgIpc) is 2.83. The molecule has 0 saturated carbocycles. The van der Waals surface area contributed by atoms with Crippen molar-refractivity contribution in [2.45, 2.75) is 30.7 Å². The molecule has 0 spiro atoms. The van der Waals surface area contributed by atoms with Gasteiger partial charge in [-0.15, -0.1) is 0 Å². The lowest BCUT2D eigenvalue weighted by atomic mass is 10.1. The zero-order chi connectivity index (χ0) is 23.8. The smallest absolute Gasteiger partial charge is 0.338 e. The third-order valence-corrected chi connectivity index (χ3v) is 5.89. The molecule has 0 aliphatic heterocycles. The van der Waals surface area contributed by atoms with E-state index in [0.717, 1.165) is 11.8 Å². The number of rotatable bonds is 8. The van der Waals surface area contributed by atoms with Crippen molar-refractivity contribution in [3.8, 4) is 17.3 Å². The quantitative estimate of drug-likeness (QED) is 0.294. The maximum atomic E-state index is 12.8. The number of anilines is 1. The van der Waals surface area contributed by atoms with E-state index in [1.165, 1.54) is 0 Å². The summed E-state index contributed by atoms with van der Waals surface area (Å²) in [6.45, 7) is 3.86. The molecule has 1 amide bonds.